The highest BCUT2D eigenvalue weighted by molar-refractivity contribution is 5.82. The first-order valence-corrected chi connectivity index (χ1v) is 8.54. The highest BCUT2D eigenvalue weighted by Crippen LogP contribution is 2.33. The van der Waals surface area contributed by atoms with Gasteiger partial charge in [0, 0.05) is 29.1 Å². The smallest absolute Gasteiger partial charge is 0.231 e. The Balaban J connectivity index is 1.88. The number of fused-ring (bicyclic) bond motifs is 1. The van der Waals surface area contributed by atoms with Crippen molar-refractivity contribution in [3.05, 3.63) is 48.4 Å². The largest absolute Gasteiger partial charge is 0.436 e. The molecule has 0 aliphatic heterocycles. The first-order chi connectivity index (χ1) is 12.4. The summed E-state index contributed by atoms with van der Waals surface area (Å²) in [7, 11) is 0. The van der Waals surface area contributed by atoms with E-state index in [9.17, 15) is 0 Å². The second-order valence-corrected chi connectivity index (χ2v) is 7.47. The monoisotopic (exact) mass is 347 g/mol. The van der Waals surface area contributed by atoms with Crippen LogP contribution in [0, 0.1) is 6.92 Å². The van der Waals surface area contributed by atoms with Crippen molar-refractivity contribution in [2.45, 2.75) is 33.2 Å². The summed E-state index contributed by atoms with van der Waals surface area (Å²) in [6, 6.07) is 8.02. The second-order valence-electron chi connectivity index (χ2n) is 7.47. The molecule has 4 rings (SSSR count). The summed E-state index contributed by atoms with van der Waals surface area (Å²) in [4.78, 5) is 9.32. The molecule has 0 unspecified atom stereocenters. The average Bonchev–Trinajstić information content (AvgIpc) is 3.22. The van der Waals surface area contributed by atoms with Crippen LogP contribution in [0.3, 0.4) is 0 Å². The number of hydrogen-bond acceptors (Lipinski definition) is 5. The number of pyridine rings is 1. The van der Waals surface area contributed by atoms with E-state index in [0.717, 1.165) is 39.2 Å². The molecule has 0 spiro atoms. The maximum Gasteiger partial charge on any atom is 0.231 e. The first-order valence-electron chi connectivity index (χ1n) is 8.54. The molecular formula is C20H21N5O. The highest BCUT2D eigenvalue weighted by Gasteiger charge is 2.19. The lowest BCUT2D eigenvalue weighted by Gasteiger charge is -2.22. The number of nitrogens with one attached hydrogen (secondary N) is 2. The zero-order valence-electron chi connectivity index (χ0n) is 15.3. The van der Waals surface area contributed by atoms with Gasteiger partial charge in [0.2, 0.25) is 5.89 Å². The maximum absolute atomic E-state index is 6.02. The topological polar surface area (TPSA) is 79.6 Å². The van der Waals surface area contributed by atoms with Gasteiger partial charge in [-0.25, -0.2) is 9.97 Å². The van der Waals surface area contributed by atoms with Gasteiger partial charge in [0.25, 0.3) is 0 Å². The molecule has 0 saturated heterocycles. The minimum absolute atomic E-state index is 0.137. The number of aromatic amines is 1. The van der Waals surface area contributed by atoms with E-state index in [1.54, 1.807) is 6.20 Å². The maximum atomic E-state index is 6.02. The van der Waals surface area contributed by atoms with E-state index >= 15 is 0 Å². The van der Waals surface area contributed by atoms with Crippen LogP contribution >= 0.6 is 0 Å². The van der Waals surface area contributed by atoms with E-state index < -0.39 is 0 Å². The number of anilines is 1. The van der Waals surface area contributed by atoms with Crippen LogP contribution in [0.25, 0.3) is 33.7 Å². The summed E-state index contributed by atoms with van der Waals surface area (Å²) >= 11 is 0. The van der Waals surface area contributed by atoms with Crippen LogP contribution < -0.4 is 5.32 Å². The van der Waals surface area contributed by atoms with Crippen LogP contribution in [0.4, 0.5) is 5.82 Å². The molecule has 0 amide bonds. The van der Waals surface area contributed by atoms with Gasteiger partial charge >= 0.3 is 0 Å². The van der Waals surface area contributed by atoms with Gasteiger partial charge in [-0.15, -0.1) is 0 Å². The third-order valence-corrected chi connectivity index (χ3v) is 3.99. The summed E-state index contributed by atoms with van der Waals surface area (Å²) in [5, 5.41) is 10.3. The first kappa shape index (κ1) is 16.3. The summed E-state index contributed by atoms with van der Waals surface area (Å²) in [6.45, 7) is 8.33. The summed E-state index contributed by atoms with van der Waals surface area (Å²) < 4.78 is 6.02. The van der Waals surface area contributed by atoms with Crippen LogP contribution in [-0.2, 0) is 0 Å². The third-order valence-electron chi connectivity index (χ3n) is 3.99. The third kappa shape index (κ3) is 3.18. The van der Waals surface area contributed by atoms with Gasteiger partial charge in [0.1, 0.15) is 11.3 Å². The van der Waals surface area contributed by atoms with E-state index in [-0.39, 0.29) is 5.54 Å². The van der Waals surface area contributed by atoms with E-state index in [0.29, 0.717) is 5.89 Å². The molecule has 0 aliphatic rings. The molecule has 1 aromatic carbocycles. The Hall–Kier alpha value is -3.15. The summed E-state index contributed by atoms with van der Waals surface area (Å²) in [5.74, 6) is 1.29. The van der Waals surface area contributed by atoms with Crippen LogP contribution in [0.2, 0.25) is 0 Å². The molecule has 0 aliphatic carbocycles. The lowest BCUT2D eigenvalue weighted by atomic mass is 10.1. The number of aromatic nitrogens is 4. The highest BCUT2D eigenvalue weighted by atomic mass is 16.3. The zero-order chi connectivity index (χ0) is 18.3. The number of rotatable bonds is 3. The Morgan fingerprint density at radius 3 is 2.65 bits per heavy atom. The van der Waals surface area contributed by atoms with Crippen LogP contribution in [0.15, 0.2) is 47.3 Å². The predicted octanol–water partition coefficient (Wildman–Crippen LogP) is 4.80. The van der Waals surface area contributed by atoms with Gasteiger partial charge in [-0.1, -0.05) is 6.07 Å². The molecule has 2 N–H and O–H groups in total. The SMILES string of the molecule is Cc1ccc2oc(-c3cc(-c4cn[nH]c4)cnc3NC(C)(C)C)nc2c1. The fraction of sp³-hybridized carbons (Fsp3) is 0.250. The van der Waals surface area contributed by atoms with E-state index in [4.69, 9.17) is 4.42 Å². The molecule has 0 atom stereocenters. The molecule has 132 valence electrons. The second kappa shape index (κ2) is 5.98. The van der Waals surface area contributed by atoms with Crippen molar-refractivity contribution in [3.8, 4) is 22.6 Å². The summed E-state index contributed by atoms with van der Waals surface area (Å²) in [5.41, 5.74) is 5.36. The van der Waals surface area contributed by atoms with E-state index in [1.807, 2.05) is 43.6 Å². The van der Waals surface area contributed by atoms with Gasteiger partial charge in [0.15, 0.2) is 5.58 Å². The molecular weight excluding hydrogens is 326 g/mol. The fourth-order valence-electron chi connectivity index (χ4n) is 2.80. The van der Waals surface area contributed by atoms with Crippen molar-refractivity contribution in [2.24, 2.45) is 0 Å². The van der Waals surface area contributed by atoms with E-state index in [1.165, 1.54) is 0 Å². The molecule has 0 bridgehead atoms. The Labute approximate surface area is 151 Å². The molecule has 3 aromatic heterocycles. The lowest BCUT2D eigenvalue weighted by Crippen LogP contribution is -2.27. The van der Waals surface area contributed by atoms with Crippen LogP contribution in [0.1, 0.15) is 26.3 Å². The number of nitrogens with zero attached hydrogens (tertiary/aromatic N) is 3. The molecule has 6 nitrogen and oxygen atoms in total. The molecule has 6 heteroatoms. The van der Waals surface area contributed by atoms with Crippen molar-refractivity contribution in [1.29, 1.82) is 0 Å². The Kier molecular flexibility index (Phi) is 3.76. The van der Waals surface area contributed by atoms with Gasteiger partial charge in [0.05, 0.1) is 11.8 Å². The Bertz CT molecular complexity index is 1060. The molecule has 0 saturated carbocycles. The molecule has 0 fully saturated rings. The van der Waals surface area contributed by atoms with Crippen molar-refractivity contribution in [2.75, 3.05) is 5.32 Å². The van der Waals surface area contributed by atoms with Crippen molar-refractivity contribution in [1.82, 2.24) is 20.2 Å². The fourth-order valence-corrected chi connectivity index (χ4v) is 2.80. The Morgan fingerprint density at radius 2 is 1.92 bits per heavy atom. The van der Waals surface area contributed by atoms with Crippen molar-refractivity contribution >= 4 is 16.9 Å². The quantitative estimate of drug-likeness (QED) is 0.556. The van der Waals surface area contributed by atoms with Gasteiger partial charge in [-0.2, -0.15) is 5.10 Å². The molecule has 4 aromatic rings. The Morgan fingerprint density at radius 1 is 1.08 bits per heavy atom. The van der Waals surface area contributed by atoms with Crippen LogP contribution in [-0.4, -0.2) is 25.7 Å². The molecule has 26 heavy (non-hydrogen) atoms. The number of H-pyrrole nitrogens is 1. The number of oxazole rings is 1. The van der Waals surface area contributed by atoms with Gasteiger partial charge in [-0.3, -0.25) is 5.10 Å². The van der Waals surface area contributed by atoms with Crippen molar-refractivity contribution < 1.29 is 4.42 Å². The number of hydrogen-bond donors (Lipinski definition) is 2. The number of aryl methyl sites for hydroxylation is 1. The normalized spacial score (nSPS) is 11.8. The van der Waals surface area contributed by atoms with Gasteiger partial charge in [-0.05, 0) is 51.5 Å². The van der Waals surface area contributed by atoms with E-state index in [2.05, 4.69) is 46.3 Å². The van der Waals surface area contributed by atoms with Gasteiger partial charge < -0.3 is 9.73 Å². The standard InChI is InChI=1S/C20H21N5O/c1-12-5-6-17-16(7-12)24-19(26-17)15-8-13(14-10-22-23-11-14)9-21-18(15)25-20(2,3)4/h5-11H,1-4H3,(H,21,25)(H,22,23). The molecule has 3 heterocycles. The summed E-state index contributed by atoms with van der Waals surface area (Å²) in [6.07, 6.45) is 5.44. The molecule has 0 radical (unpaired) electrons. The minimum Gasteiger partial charge on any atom is -0.436 e. The lowest BCUT2D eigenvalue weighted by molar-refractivity contribution is 0.614. The minimum atomic E-state index is -0.137. The predicted molar refractivity (Wildman–Crippen MR) is 103 cm³/mol. The zero-order valence-corrected chi connectivity index (χ0v) is 15.3. The van der Waals surface area contributed by atoms with Crippen molar-refractivity contribution in [3.63, 3.8) is 0 Å². The number of benzene rings is 1. The van der Waals surface area contributed by atoms with Crippen LogP contribution in [0.5, 0.6) is 0 Å². The average molecular weight is 347 g/mol.